The van der Waals surface area contributed by atoms with Crippen LogP contribution in [-0.2, 0) is 9.53 Å². The van der Waals surface area contributed by atoms with Crippen LogP contribution in [-0.4, -0.2) is 23.4 Å². The Balaban J connectivity index is 2.88. The maximum absolute atomic E-state index is 11.9. The standard InChI is InChI=1S/C16H22N2O5/c1-4-23-16(20)12-8-9-14(18(21)22)13(10-12)17-15(19)7-5-6-11(2)3/h8-11H,4-7H2,1-3H3,(H,17,19). The maximum Gasteiger partial charge on any atom is 0.338 e. The summed E-state index contributed by atoms with van der Waals surface area (Å²) in [6.07, 6.45) is 1.88. The van der Waals surface area contributed by atoms with Gasteiger partial charge in [0.05, 0.1) is 17.1 Å². The molecule has 0 aliphatic carbocycles. The number of benzene rings is 1. The van der Waals surface area contributed by atoms with Crippen LogP contribution in [0.1, 0.15) is 50.4 Å². The van der Waals surface area contributed by atoms with Crippen molar-refractivity contribution in [2.24, 2.45) is 5.92 Å². The first-order chi connectivity index (χ1) is 10.8. The predicted molar refractivity (Wildman–Crippen MR) is 86.4 cm³/mol. The van der Waals surface area contributed by atoms with Gasteiger partial charge in [-0.25, -0.2) is 4.79 Å². The zero-order valence-corrected chi connectivity index (χ0v) is 13.6. The second-order valence-electron chi connectivity index (χ2n) is 5.54. The fourth-order valence-corrected chi connectivity index (χ4v) is 2.02. The molecule has 1 N–H and O–H groups in total. The first-order valence-electron chi connectivity index (χ1n) is 7.60. The summed E-state index contributed by atoms with van der Waals surface area (Å²) >= 11 is 0. The summed E-state index contributed by atoms with van der Waals surface area (Å²) in [7, 11) is 0. The van der Waals surface area contributed by atoms with E-state index in [-0.39, 0.29) is 35.9 Å². The minimum Gasteiger partial charge on any atom is -0.462 e. The monoisotopic (exact) mass is 322 g/mol. The van der Waals surface area contributed by atoms with Crippen LogP contribution in [0, 0.1) is 16.0 Å². The van der Waals surface area contributed by atoms with E-state index >= 15 is 0 Å². The Hall–Kier alpha value is -2.44. The fourth-order valence-electron chi connectivity index (χ4n) is 2.02. The molecule has 0 aromatic heterocycles. The number of nitro benzene ring substituents is 1. The molecule has 0 saturated heterocycles. The van der Waals surface area contributed by atoms with Crippen molar-refractivity contribution in [3.05, 3.63) is 33.9 Å². The van der Waals surface area contributed by atoms with E-state index < -0.39 is 10.9 Å². The van der Waals surface area contributed by atoms with E-state index in [1.54, 1.807) is 6.92 Å². The second kappa shape index (κ2) is 8.87. The molecule has 0 heterocycles. The average Bonchev–Trinajstić information content (AvgIpc) is 2.46. The Labute approximate surface area is 135 Å². The van der Waals surface area contributed by atoms with Gasteiger partial charge in [0.25, 0.3) is 5.69 Å². The number of hydrogen-bond acceptors (Lipinski definition) is 5. The summed E-state index contributed by atoms with van der Waals surface area (Å²) in [5.41, 5.74) is -0.0831. The highest BCUT2D eigenvalue weighted by atomic mass is 16.6. The highest BCUT2D eigenvalue weighted by molar-refractivity contribution is 5.96. The lowest BCUT2D eigenvalue weighted by atomic mass is 10.1. The molecule has 0 spiro atoms. The van der Waals surface area contributed by atoms with Gasteiger partial charge in [0.1, 0.15) is 5.69 Å². The van der Waals surface area contributed by atoms with E-state index in [2.05, 4.69) is 19.2 Å². The van der Waals surface area contributed by atoms with Crippen LogP contribution < -0.4 is 5.32 Å². The second-order valence-corrected chi connectivity index (χ2v) is 5.54. The summed E-state index contributed by atoms with van der Waals surface area (Å²) in [6, 6.07) is 3.77. The quantitative estimate of drug-likeness (QED) is 0.448. The topological polar surface area (TPSA) is 98.5 Å². The zero-order valence-electron chi connectivity index (χ0n) is 13.6. The summed E-state index contributed by atoms with van der Waals surface area (Å²) in [5, 5.41) is 13.6. The Kier molecular flexibility index (Phi) is 7.18. The van der Waals surface area contributed by atoms with E-state index in [0.717, 1.165) is 6.42 Å². The van der Waals surface area contributed by atoms with Gasteiger partial charge < -0.3 is 10.1 Å². The number of nitro groups is 1. The first-order valence-corrected chi connectivity index (χ1v) is 7.60. The Morgan fingerprint density at radius 2 is 2.04 bits per heavy atom. The molecule has 7 nitrogen and oxygen atoms in total. The van der Waals surface area contributed by atoms with Crippen molar-refractivity contribution >= 4 is 23.3 Å². The minimum absolute atomic E-state index is 0.00935. The van der Waals surface area contributed by atoms with Crippen LogP contribution in [0.2, 0.25) is 0 Å². The molecule has 0 aliphatic heterocycles. The number of esters is 1. The van der Waals surface area contributed by atoms with Crippen LogP contribution in [0.4, 0.5) is 11.4 Å². The number of hydrogen-bond donors (Lipinski definition) is 1. The molecule has 0 radical (unpaired) electrons. The van der Waals surface area contributed by atoms with E-state index in [4.69, 9.17) is 4.74 Å². The van der Waals surface area contributed by atoms with Gasteiger partial charge in [-0.1, -0.05) is 20.3 Å². The summed E-state index contributed by atoms with van der Waals surface area (Å²) in [6.45, 7) is 5.99. The van der Waals surface area contributed by atoms with Gasteiger partial charge in [-0.3, -0.25) is 14.9 Å². The van der Waals surface area contributed by atoms with Crippen molar-refractivity contribution in [1.82, 2.24) is 0 Å². The predicted octanol–water partition coefficient (Wildman–Crippen LogP) is 3.54. The third-order valence-electron chi connectivity index (χ3n) is 3.16. The van der Waals surface area contributed by atoms with Crippen LogP contribution in [0.3, 0.4) is 0 Å². The third kappa shape index (κ3) is 6.06. The maximum atomic E-state index is 11.9. The summed E-state index contributed by atoms with van der Waals surface area (Å²) in [4.78, 5) is 34.1. The Morgan fingerprint density at radius 3 is 2.61 bits per heavy atom. The average molecular weight is 322 g/mol. The molecule has 1 aromatic rings. The highest BCUT2D eigenvalue weighted by Gasteiger charge is 2.19. The molecule has 1 aromatic carbocycles. The molecule has 0 aliphatic rings. The lowest BCUT2D eigenvalue weighted by Crippen LogP contribution is -2.14. The molecule has 0 fully saturated rings. The van der Waals surface area contributed by atoms with E-state index in [1.165, 1.54) is 18.2 Å². The number of carbonyl (C=O) groups is 2. The molecule has 126 valence electrons. The van der Waals surface area contributed by atoms with Gasteiger partial charge in [-0.15, -0.1) is 0 Å². The van der Waals surface area contributed by atoms with E-state index in [9.17, 15) is 19.7 Å². The van der Waals surface area contributed by atoms with E-state index in [1.807, 2.05) is 0 Å². The third-order valence-corrected chi connectivity index (χ3v) is 3.16. The lowest BCUT2D eigenvalue weighted by molar-refractivity contribution is -0.383. The van der Waals surface area contributed by atoms with Crippen molar-refractivity contribution in [2.75, 3.05) is 11.9 Å². The smallest absolute Gasteiger partial charge is 0.338 e. The van der Waals surface area contributed by atoms with Gasteiger partial charge >= 0.3 is 5.97 Å². The SMILES string of the molecule is CCOC(=O)c1ccc([N+](=O)[O-])c(NC(=O)CCCC(C)C)c1. The Morgan fingerprint density at radius 1 is 1.35 bits per heavy atom. The van der Waals surface area contributed by atoms with Crippen molar-refractivity contribution in [3.8, 4) is 0 Å². The number of ether oxygens (including phenoxy) is 1. The zero-order chi connectivity index (χ0) is 17.4. The molecular formula is C16H22N2O5. The van der Waals surface area contributed by atoms with E-state index in [0.29, 0.717) is 12.3 Å². The number of anilines is 1. The molecular weight excluding hydrogens is 300 g/mol. The van der Waals surface area contributed by atoms with Crippen LogP contribution in [0.25, 0.3) is 0 Å². The molecule has 0 saturated carbocycles. The van der Waals surface area contributed by atoms with Gasteiger partial charge in [0.2, 0.25) is 5.91 Å². The summed E-state index contributed by atoms with van der Waals surface area (Å²) in [5.74, 6) is -0.406. The molecule has 23 heavy (non-hydrogen) atoms. The van der Waals surface area contributed by atoms with Crippen molar-refractivity contribution in [3.63, 3.8) is 0 Å². The van der Waals surface area contributed by atoms with Crippen LogP contribution in [0.15, 0.2) is 18.2 Å². The normalized spacial score (nSPS) is 10.4. The van der Waals surface area contributed by atoms with Crippen LogP contribution in [0.5, 0.6) is 0 Å². The fraction of sp³-hybridized carbons (Fsp3) is 0.500. The van der Waals surface area contributed by atoms with Crippen molar-refractivity contribution < 1.29 is 19.2 Å². The highest BCUT2D eigenvalue weighted by Crippen LogP contribution is 2.26. The Bertz CT molecular complexity index is 584. The molecule has 0 atom stereocenters. The minimum atomic E-state index is -0.599. The molecule has 1 rings (SSSR count). The van der Waals surface area contributed by atoms with Crippen LogP contribution >= 0.6 is 0 Å². The molecule has 1 amide bonds. The summed E-state index contributed by atoms with van der Waals surface area (Å²) < 4.78 is 4.86. The van der Waals surface area contributed by atoms with Gasteiger partial charge in [-0.2, -0.15) is 0 Å². The number of rotatable bonds is 8. The van der Waals surface area contributed by atoms with Gasteiger partial charge in [-0.05, 0) is 31.4 Å². The van der Waals surface area contributed by atoms with Crippen molar-refractivity contribution in [1.29, 1.82) is 0 Å². The number of nitrogens with zero attached hydrogens (tertiary/aromatic N) is 1. The first kappa shape index (κ1) is 18.6. The number of amides is 1. The van der Waals surface area contributed by atoms with Gasteiger partial charge in [0, 0.05) is 12.5 Å². The lowest BCUT2D eigenvalue weighted by Gasteiger charge is -2.09. The van der Waals surface area contributed by atoms with Crippen molar-refractivity contribution in [2.45, 2.75) is 40.0 Å². The largest absolute Gasteiger partial charge is 0.462 e. The molecule has 7 heteroatoms. The number of nitrogens with one attached hydrogen (secondary N) is 1. The van der Waals surface area contributed by atoms with Gasteiger partial charge in [0.15, 0.2) is 0 Å². The molecule has 0 unspecified atom stereocenters. The molecule has 0 bridgehead atoms. The number of carbonyl (C=O) groups excluding carboxylic acids is 2.